The summed E-state index contributed by atoms with van der Waals surface area (Å²) < 4.78 is 36.9. The zero-order valence-electron chi connectivity index (χ0n) is 9.96. The van der Waals surface area contributed by atoms with Gasteiger partial charge < -0.3 is 9.26 Å². The van der Waals surface area contributed by atoms with Crippen molar-refractivity contribution in [3.05, 3.63) is 40.1 Å². The van der Waals surface area contributed by atoms with E-state index >= 15 is 0 Å². The number of rotatable bonds is 2. The Bertz CT molecular complexity index is 631. The first-order chi connectivity index (χ1) is 8.95. The van der Waals surface area contributed by atoms with Crippen LogP contribution in [0.1, 0.15) is 16.1 Å². The van der Waals surface area contributed by atoms with Crippen molar-refractivity contribution in [1.29, 1.82) is 0 Å². The molecule has 2 rings (SSSR count). The minimum atomic E-state index is -0.941. The highest BCUT2D eigenvalue weighted by Gasteiger charge is 2.26. The maximum atomic E-state index is 13.8. The summed E-state index contributed by atoms with van der Waals surface area (Å²) in [5, 5.41) is 3.41. The Morgan fingerprint density at radius 3 is 2.47 bits per heavy atom. The van der Waals surface area contributed by atoms with E-state index in [0.29, 0.717) is 0 Å². The van der Waals surface area contributed by atoms with Crippen LogP contribution in [0.5, 0.6) is 0 Å². The van der Waals surface area contributed by atoms with Crippen molar-refractivity contribution in [2.45, 2.75) is 6.92 Å². The third-order valence-electron chi connectivity index (χ3n) is 2.50. The summed E-state index contributed by atoms with van der Waals surface area (Å²) in [5.41, 5.74) is -0.861. The van der Waals surface area contributed by atoms with Crippen LogP contribution in [0.4, 0.5) is 8.78 Å². The van der Waals surface area contributed by atoms with Gasteiger partial charge in [-0.1, -0.05) is 16.8 Å². The van der Waals surface area contributed by atoms with E-state index < -0.39 is 23.2 Å². The van der Waals surface area contributed by atoms with E-state index in [0.717, 1.165) is 19.2 Å². The number of aryl methyl sites for hydroxylation is 1. The molecule has 0 saturated heterocycles. The number of benzene rings is 1. The maximum absolute atomic E-state index is 13.8. The normalized spacial score (nSPS) is 10.6. The predicted octanol–water partition coefficient (Wildman–Crippen LogP) is 3.37. The van der Waals surface area contributed by atoms with Gasteiger partial charge in [0.15, 0.2) is 0 Å². The molecule has 7 heteroatoms. The monoisotopic (exact) mass is 287 g/mol. The Kier molecular flexibility index (Phi) is 3.53. The smallest absolute Gasteiger partial charge is 0.343 e. The van der Waals surface area contributed by atoms with Crippen LogP contribution in [-0.2, 0) is 4.74 Å². The molecule has 4 nitrogen and oxygen atoms in total. The Balaban J connectivity index is 2.70. The summed E-state index contributed by atoms with van der Waals surface area (Å²) in [4.78, 5) is 11.6. The molecule has 0 aliphatic heterocycles. The van der Waals surface area contributed by atoms with Gasteiger partial charge in [0.25, 0.3) is 0 Å². The topological polar surface area (TPSA) is 52.3 Å². The van der Waals surface area contributed by atoms with E-state index in [4.69, 9.17) is 16.1 Å². The van der Waals surface area contributed by atoms with Crippen LogP contribution in [0.2, 0.25) is 5.02 Å². The summed E-state index contributed by atoms with van der Waals surface area (Å²) >= 11 is 5.53. The third kappa shape index (κ3) is 2.31. The van der Waals surface area contributed by atoms with Crippen molar-refractivity contribution in [1.82, 2.24) is 5.16 Å². The van der Waals surface area contributed by atoms with Crippen LogP contribution in [0.25, 0.3) is 11.3 Å². The molecule has 0 spiro atoms. The molecular formula is C12H8ClF2NO3. The first-order valence-electron chi connectivity index (χ1n) is 5.15. The molecule has 0 saturated carbocycles. The molecule has 0 unspecified atom stereocenters. The van der Waals surface area contributed by atoms with Crippen LogP contribution < -0.4 is 0 Å². The lowest BCUT2D eigenvalue weighted by molar-refractivity contribution is 0.0599. The van der Waals surface area contributed by atoms with E-state index in [1.54, 1.807) is 0 Å². The minimum absolute atomic E-state index is 0.0985. The number of methoxy groups -OCH3 is 1. The molecule has 1 heterocycles. The van der Waals surface area contributed by atoms with Crippen LogP contribution in [0.15, 0.2) is 16.7 Å². The largest absolute Gasteiger partial charge is 0.465 e. The van der Waals surface area contributed by atoms with Crippen molar-refractivity contribution in [3.63, 3.8) is 0 Å². The first kappa shape index (κ1) is 13.5. The number of halogens is 3. The number of ether oxygens (including phenoxy) is 1. The number of hydrogen-bond acceptors (Lipinski definition) is 4. The van der Waals surface area contributed by atoms with Crippen molar-refractivity contribution >= 4 is 17.6 Å². The summed E-state index contributed by atoms with van der Waals surface area (Å²) in [7, 11) is 1.15. The Labute approximate surface area is 111 Å². The lowest BCUT2D eigenvalue weighted by Crippen LogP contribution is -2.05. The average molecular weight is 288 g/mol. The highest BCUT2D eigenvalue weighted by molar-refractivity contribution is 6.30. The second-order valence-electron chi connectivity index (χ2n) is 3.70. The summed E-state index contributed by atoms with van der Waals surface area (Å²) in [6, 6.07) is 1.84. The molecule has 19 heavy (non-hydrogen) atoms. The van der Waals surface area contributed by atoms with Gasteiger partial charge in [0, 0.05) is 5.02 Å². The molecule has 100 valence electrons. The number of carbonyl (C=O) groups excluding carboxylic acids is 1. The van der Waals surface area contributed by atoms with E-state index in [9.17, 15) is 13.6 Å². The van der Waals surface area contributed by atoms with Crippen molar-refractivity contribution in [2.75, 3.05) is 7.11 Å². The molecule has 2 aromatic rings. The van der Waals surface area contributed by atoms with Gasteiger partial charge >= 0.3 is 5.97 Å². The zero-order chi connectivity index (χ0) is 14.2. The predicted molar refractivity (Wildman–Crippen MR) is 62.9 cm³/mol. The Morgan fingerprint density at radius 2 is 1.95 bits per heavy atom. The van der Waals surface area contributed by atoms with Gasteiger partial charge in [-0.15, -0.1) is 0 Å². The maximum Gasteiger partial charge on any atom is 0.343 e. The van der Waals surface area contributed by atoms with Gasteiger partial charge in [-0.3, -0.25) is 0 Å². The highest BCUT2D eigenvalue weighted by Crippen LogP contribution is 2.32. The molecule has 0 aliphatic carbocycles. The molecule has 1 aromatic carbocycles. The quantitative estimate of drug-likeness (QED) is 0.795. The van der Waals surface area contributed by atoms with Gasteiger partial charge in [0.05, 0.1) is 12.7 Å². The second-order valence-corrected chi connectivity index (χ2v) is 4.13. The fraction of sp³-hybridized carbons (Fsp3) is 0.167. The van der Waals surface area contributed by atoms with Crippen LogP contribution in [0.3, 0.4) is 0 Å². The van der Waals surface area contributed by atoms with Gasteiger partial charge in [0.1, 0.15) is 28.7 Å². The average Bonchev–Trinajstić information content (AvgIpc) is 2.69. The van der Waals surface area contributed by atoms with Gasteiger partial charge in [-0.2, -0.15) is 0 Å². The SMILES string of the molecule is COC(=O)c1c(-c2c(F)cc(Cl)cc2F)noc1C. The fourth-order valence-electron chi connectivity index (χ4n) is 1.65. The highest BCUT2D eigenvalue weighted by atomic mass is 35.5. The molecule has 0 amide bonds. The van der Waals surface area contributed by atoms with Gasteiger partial charge in [0.2, 0.25) is 0 Å². The number of hydrogen-bond donors (Lipinski definition) is 0. The standard InChI is InChI=1S/C12H8ClF2NO3/c1-5-9(12(17)18-2)11(16-19-5)10-7(14)3-6(13)4-8(10)15/h3-4H,1-2H3. The molecule has 0 radical (unpaired) electrons. The van der Waals surface area contributed by atoms with Crippen LogP contribution in [0, 0.1) is 18.6 Å². The molecule has 0 aliphatic rings. The van der Waals surface area contributed by atoms with Crippen LogP contribution in [-0.4, -0.2) is 18.2 Å². The van der Waals surface area contributed by atoms with E-state index in [1.807, 2.05) is 0 Å². The van der Waals surface area contributed by atoms with Gasteiger partial charge in [-0.05, 0) is 19.1 Å². The third-order valence-corrected chi connectivity index (χ3v) is 2.71. The molecule has 0 bridgehead atoms. The first-order valence-corrected chi connectivity index (χ1v) is 5.53. The van der Waals surface area contributed by atoms with Crippen molar-refractivity contribution < 1.29 is 22.8 Å². The number of nitrogens with zero attached hydrogens (tertiary/aromatic N) is 1. The molecule has 0 N–H and O–H groups in total. The van der Waals surface area contributed by atoms with E-state index in [2.05, 4.69) is 9.89 Å². The molecule has 1 aromatic heterocycles. The van der Waals surface area contributed by atoms with Crippen LogP contribution >= 0.6 is 11.6 Å². The summed E-state index contributed by atoms with van der Waals surface area (Å²) in [6.45, 7) is 1.44. The summed E-state index contributed by atoms with van der Waals surface area (Å²) in [5.74, 6) is -2.56. The van der Waals surface area contributed by atoms with Crippen molar-refractivity contribution in [2.24, 2.45) is 0 Å². The van der Waals surface area contributed by atoms with Crippen molar-refractivity contribution in [3.8, 4) is 11.3 Å². The zero-order valence-corrected chi connectivity index (χ0v) is 10.7. The Hall–Kier alpha value is -1.95. The Morgan fingerprint density at radius 1 is 1.37 bits per heavy atom. The number of esters is 1. The van der Waals surface area contributed by atoms with Gasteiger partial charge in [-0.25, -0.2) is 13.6 Å². The number of carbonyl (C=O) groups is 1. The van der Waals surface area contributed by atoms with E-state index in [-0.39, 0.29) is 22.0 Å². The lowest BCUT2D eigenvalue weighted by Gasteiger charge is -2.04. The molecular weight excluding hydrogens is 280 g/mol. The second kappa shape index (κ2) is 4.97. The lowest BCUT2D eigenvalue weighted by atomic mass is 10.1. The number of aromatic nitrogens is 1. The minimum Gasteiger partial charge on any atom is -0.465 e. The molecule has 0 atom stereocenters. The van der Waals surface area contributed by atoms with E-state index in [1.165, 1.54) is 6.92 Å². The molecule has 0 fully saturated rings. The summed E-state index contributed by atoms with van der Waals surface area (Å²) in [6.07, 6.45) is 0. The fourth-order valence-corrected chi connectivity index (χ4v) is 1.85.